The molecule has 0 aliphatic carbocycles. The number of carbonyl (C=O) groups is 2. The van der Waals surface area contributed by atoms with Crippen molar-refractivity contribution in [2.24, 2.45) is 5.73 Å². The predicted octanol–water partition coefficient (Wildman–Crippen LogP) is 2.08. The fourth-order valence-electron chi connectivity index (χ4n) is 2.61. The number of nitrogens with zero attached hydrogens (tertiary/aromatic N) is 3. The number of hydrogen-bond acceptors (Lipinski definition) is 3. The van der Waals surface area contributed by atoms with Gasteiger partial charge in [0.2, 0.25) is 11.8 Å². The Labute approximate surface area is 143 Å². The maximum Gasteiger partial charge on any atom is 0.246 e. The molecular formula is C18H17FN4O2. The van der Waals surface area contributed by atoms with E-state index in [9.17, 15) is 14.0 Å². The zero-order valence-corrected chi connectivity index (χ0v) is 13.4. The van der Waals surface area contributed by atoms with Gasteiger partial charge in [0.15, 0.2) is 0 Å². The fraction of sp³-hybridized carbons (Fsp3) is 0.167. The zero-order valence-electron chi connectivity index (χ0n) is 13.4. The lowest BCUT2D eigenvalue weighted by Crippen LogP contribution is -2.36. The van der Waals surface area contributed by atoms with E-state index < -0.39 is 11.7 Å². The molecule has 2 N–H and O–H groups in total. The SMILES string of the molecule is NC(=O)CCN(C(=O)Cn1cnc2ccccc21)c1ccc(F)cc1. The number of nitrogens with two attached hydrogens (primary N) is 1. The van der Waals surface area contributed by atoms with Gasteiger partial charge in [0.25, 0.3) is 0 Å². The molecule has 2 aromatic carbocycles. The summed E-state index contributed by atoms with van der Waals surface area (Å²) in [5.74, 6) is -1.14. The minimum Gasteiger partial charge on any atom is -0.370 e. The zero-order chi connectivity index (χ0) is 17.8. The highest BCUT2D eigenvalue weighted by Gasteiger charge is 2.18. The normalized spacial score (nSPS) is 10.8. The van der Waals surface area contributed by atoms with E-state index in [4.69, 9.17) is 5.73 Å². The summed E-state index contributed by atoms with van der Waals surface area (Å²) < 4.78 is 14.9. The molecule has 3 aromatic rings. The molecule has 0 fully saturated rings. The molecule has 128 valence electrons. The largest absolute Gasteiger partial charge is 0.370 e. The Morgan fingerprint density at radius 2 is 1.84 bits per heavy atom. The first-order chi connectivity index (χ1) is 12.0. The summed E-state index contributed by atoms with van der Waals surface area (Å²) in [5, 5.41) is 0. The van der Waals surface area contributed by atoms with E-state index in [1.54, 1.807) is 10.9 Å². The fourth-order valence-corrected chi connectivity index (χ4v) is 2.61. The minimum atomic E-state index is -0.506. The molecule has 7 heteroatoms. The molecule has 0 atom stereocenters. The van der Waals surface area contributed by atoms with Gasteiger partial charge in [-0.25, -0.2) is 9.37 Å². The molecule has 0 aliphatic rings. The van der Waals surface area contributed by atoms with Crippen LogP contribution >= 0.6 is 0 Å². The second-order valence-electron chi connectivity index (χ2n) is 5.60. The molecule has 2 amide bonds. The number of primary amides is 1. The Morgan fingerprint density at radius 3 is 2.56 bits per heavy atom. The molecule has 0 saturated heterocycles. The molecular weight excluding hydrogens is 323 g/mol. The molecule has 1 aromatic heterocycles. The summed E-state index contributed by atoms with van der Waals surface area (Å²) in [6.07, 6.45) is 1.62. The monoisotopic (exact) mass is 340 g/mol. The average molecular weight is 340 g/mol. The number of halogens is 1. The van der Waals surface area contributed by atoms with Crippen molar-refractivity contribution in [1.29, 1.82) is 0 Å². The van der Waals surface area contributed by atoms with Crippen molar-refractivity contribution >= 4 is 28.5 Å². The smallest absolute Gasteiger partial charge is 0.246 e. The van der Waals surface area contributed by atoms with Gasteiger partial charge in [-0.3, -0.25) is 9.59 Å². The Morgan fingerprint density at radius 1 is 1.12 bits per heavy atom. The van der Waals surface area contributed by atoms with Gasteiger partial charge in [0, 0.05) is 18.7 Å². The van der Waals surface area contributed by atoms with Crippen LogP contribution in [0.1, 0.15) is 6.42 Å². The van der Waals surface area contributed by atoms with Crippen LogP contribution in [0.4, 0.5) is 10.1 Å². The maximum absolute atomic E-state index is 13.2. The van der Waals surface area contributed by atoms with E-state index in [-0.39, 0.29) is 25.4 Å². The predicted molar refractivity (Wildman–Crippen MR) is 92.3 cm³/mol. The molecule has 0 radical (unpaired) electrons. The third-order valence-electron chi connectivity index (χ3n) is 3.85. The number of fused-ring (bicyclic) bond motifs is 1. The lowest BCUT2D eigenvalue weighted by Gasteiger charge is -2.22. The van der Waals surface area contributed by atoms with Crippen LogP contribution in [0.15, 0.2) is 54.9 Å². The van der Waals surface area contributed by atoms with Crippen LogP contribution in [-0.2, 0) is 16.1 Å². The highest BCUT2D eigenvalue weighted by atomic mass is 19.1. The van der Waals surface area contributed by atoms with Gasteiger partial charge in [0.1, 0.15) is 12.4 Å². The van der Waals surface area contributed by atoms with Crippen LogP contribution in [0.25, 0.3) is 11.0 Å². The highest BCUT2D eigenvalue weighted by Crippen LogP contribution is 2.18. The van der Waals surface area contributed by atoms with E-state index in [0.29, 0.717) is 5.69 Å². The Kier molecular flexibility index (Phi) is 4.74. The van der Waals surface area contributed by atoms with Crippen LogP contribution < -0.4 is 10.6 Å². The molecule has 1 heterocycles. The first-order valence-corrected chi connectivity index (χ1v) is 7.79. The maximum atomic E-state index is 13.2. The highest BCUT2D eigenvalue weighted by molar-refractivity contribution is 5.94. The van der Waals surface area contributed by atoms with Gasteiger partial charge >= 0.3 is 0 Å². The van der Waals surface area contributed by atoms with Crippen molar-refractivity contribution in [2.75, 3.05) is 11.4 Å². The number of carbonyl (C=O) groups excluding carboxylic acids is 2. The Balaban J connectivity index is 1.85. The molecule has 0 saturated carbocycles. The summed E-state index contributed by atoms with van der Waals surface area (Å²) in [7, 11) is 0. The molecule has 25 heavy (non-hydrogen) atoms. The van der Waals surface area contributed by atoms with Gasteiger partial charge in [0.05, 0.1) is 17.4 Å². The molecule has 0 unspecified atom stereocenters. The Hall–Kier alpha value is -3.22. The van der Waals surface area contributed by atoms with E-state index in [2.05, 4.69) is 4.98 Å². The topological polar surface area (TPSA) is 81.2 Å². The standard InChI is InChI=1S/C18H17FN4O2/c19-13-5-7-14(8-6-13)23(10-9-17(20)24)18(25)11-22-12-21-15-3-1-2-4-16(15)22/h1-8,12H,9-11H2,(H2,20,24). The van der Waals surface area contributed by atoms with Crippen LogP contribution in [0.2, 0.25) is 0 Å². The van der Waals surface area contributed by atoms with Crippen LogP contribution in [0.3, 0.4) is 0 Å². The number of hydrogen-bond donors (Lipinski definition) is 1. The number of para-hydroxylation sites is 2. The van der Waals surface area contributed by atoms with Crippen LogP contribution in [0.5, 0.6) is 0 Å². The van der Waals surface area contributed by atoms with E-state index in [1.807, 2.05) is 24.3 Å². The van der Waals surface area contributed by atoms with Crippen molar-refractivity contribution in [3.8, 4) is 0 Å². The Bertz CT molecular complexity index is 905. The van der Waals surface area contributed by atoms with Gasteiger partial charge in [-0.15, -0.1) is 0 Å². The number of amides is 2. The van der Waals surface area contributed by atoms with Crippen molar-refractivity contribution < 1.29 is 14.0 Å². The van der Waals surface area contributed by atoms with E-state index in [0.717, 1.165) is 11.0 Å². The van der Waals surface area contributed by atoms with Crippen molar-refractivity contribution in [1.82, 2.24) is 9.55 Å². The van der Waals surface area contributed by atoms with Gasteiger partial charge in [-0.05, 0) is 36.4 Å². The summed E-state index contributed by atoms with van der Waals surface area (Å²) in [6.45, 7) is 0.184. The second-order valence-corrected chi connectivity index (χ2v) is 5.60. The third kappa shape index (κ3) is 3.82. The number of rotatable bonds is 6. The summed E-state index contributed by atoms with van der Waals surface area (Å²) in [6, 6.07) is 13.0. The van der Waals surface area contributed by atoms with Crippen molar-refractivity contribution in [3.63, 3.8) is 0 Å². The van der Waals surface area contributed by atoms with Gasteiger partial charge in [-0.2, -0.15) is 0 Å². The van der Waals surface area contributed by atoms with Crippen LogP contribution in [0, 0.1) is 5.82 Å². The van der Waals surface area contributed by atoms with Crippen LogP contribution in [-0.4, -0.2) is 27.9 Å². The number of imidazole rings is 1. The van der Waals surface area contributed by atoms with E-state index in [1.165, 1.54) is 29.2 Å². The average Bonchev–Trinajstić information content (AvgIpc) is 2.99. The van der Waals surface area contributed by atoms with Gasteiger partial charge in [-0.1, -0.05) is 12.1 Å². The lowest BCUT2D eigenvalue weighted by atomic mass is 10.2. The summed E-state index contributed by atoms with van der Waals surface area (Å²) in [5.41, 5.74) is 7.34. The number of benzene rings is 2. The van der Waals surface area contributed by atoms with Crippen molar-refractivity contribution in [2.45, 2.75) is 13.0 Å². The summed E-state index contributed by atoms with van der Waals surface area (Å²) >= 11 is 0. The number of anilines is 1. The van der Waals surface area contributed by atoms with Gasteiger partial charge < -0.3 is 15.2 Å². The molecule has 0 bridgehead atoms. The molecule has 3 rings (SSSR count). The third-order valence-corrected chi connectivity index (χ3v) is 3.85. The first-order valence-electron chi connectivity index (χ1n) is 7.79. The minimum absolute atomic E-state index is 0.0216. The van der Waals surface area contributed by atoms with Crippen molar-refractivity contribution in [3.05, 3.63) is 60.7 Å². The first kappa shape index (κ1) is 16.6. The quantitative estimate of drug-likeness (QED) is 0.746. The molecule has 0 aliphatic heterocycles. The molecule has 6 nitrogen and oxygen atoms in total. The molecule has 0 spiro atoms. The lowest BCUT2D eigenvalue weighted by molar-refractivity contribution is -0.119. The number of aromatic nitrogens is 2. The van der Waals surface area contributed by atoms with E-state index >= 15 is 0 Å². The second kappa shape index (κ2) is 7.12. The summed E-state index contributed by atoms with van der Waals surface area (Å²) in [4.78, 5) is 29.6.